The molecule has 2 heterocycles. The molecule has 3 rings (SSSR count). The van der Waals surface area contributed by atoms with Crippen LogP contribution in [0.3, 0.4) is 0 Å². The largest absolute Gasteiger partial charge is 0.309 e. The van der Waals surface area contributed by atoms with E-state index in [1.54, 1.807) is 0 Å². The molecule has 18 heavy (non-hydrogen) atoms. The molecule has 0 aromatic carbocycles. The zero-order valence-electron chi connectivity index (χ0n) is 10.2. The predicted octanol–water partition coefficient (Wildman–Crippen LogP) is 2.23. The Morgan fingerprint density at radius 1 is 1.50 bits per heavy atom. The number of rotatable bonds is 2. The van der Waals surface area contributed by atoms with Gasteiger partial charge in [0.15, 0.2) is 0 Å². The van der Waals surface area contributed by atoms with Crippen molar-refractivity contribution in [3.8, 4) is 0 Å². The van der Waals surface area contributed by atoms with E-state index in [9.17, 15) is 4.79 Å². The Morgan fingerprint density at radius 3 is 2.94 bits per heavy atom. The van der Waals surface area contributed by atoms with Gasteiger partial charge in [0, 0.05) is 6.04 Å². The molecule has 5 heteroatoms. The van der Waals surface area contributed by atoms with Crippen LogP contribution in [0.4, 0.5) is 5.82 Å². The number of pyridine rings is 1. The highest BCUT2D eigenvalue weighted by atomic mass is 79.9. The van der Waals surface area contributed by atoms with Gasteiger partial charge in [-0.3, -0.25) is 4.79 Å². The van der Waals surface area contributed by atoms with Gasteiger partial charge in [-0.05, 0) is 59.7 Å². The molecule has 96 valence electrons. The van der Waals surface area contributed by atoms with Crippen LogP contribution < -0.4 is 10.6 Å². The summed E-state index contributed by atoms with van der Waals surface area (Å²) in [4.78, 5) is 16.5. The number of hydrogen-bond donors (Lipinski definition) is 2. The first-order valence-electron chi connectivity index (χ1n) is 6.33. The summed E-state index contributed by atoms with van der Waals surface area (Å²) in [6, 6.07) is 4.33. The average Bonchev–Trinajstić information content (AvgIpc) is 2.60. The van der Waals surface area contributed by atoms with Crippen molar-refractivity contribution >= 4 is 27.7 Å². The fourth-order valence-electron chi connectivity index (χ4n) is 2.72. The van der Waals surface area contributed by atoms with E-state index in [4.69, 9.17) is 0 Å². The molecule has 2 N–H and O–H groups in total. The summed E-state index contributed by atoms with van der Waals surface area (Å²) in [5.41, 5.74) is 0.979. The van der Waals surface area contributed by atoms with E-state index >= 15 is 0 Å². The molecule has 2 aliphatic rings. The summed E-state index contributed by atoms with van der Waals surface area (Å²) in [6.45, 7) is 1.95. The lowest BCUT2D eigenvalue weighted by Crippen LogP contribution is -2.41. The van der Waals surface area contributed by atoms with Crippen LogP contribution >= 0.6 is 15.9 Å². The van der Waals surface area contributed by atoms with E-state index < -0.39 is 0 Å². The number of aryl methyl sites for hydroxylation is 1. The van der Waals surface area contributed by atoms with Crippen molar-refractivity contribution < 1.29 is 4.79 Å². The Morgan fingerprint density at radius 2 is 2.33 bits per heavy atom. The van der Waals surface area contributed by atoms with Crippen LogP contribution in [0.1, 0.15) is 24.8 Å². The maximum Gasteiger partial charge on any atom is 0.242 e. The molecule has 0 spiro atoms. The molecule has 3 atom stereocenters. The van der Waals surface area contributed by atoms with E-state index in [1.165, 1.54) is 12.8 Å². The first-order valence-corrected chi connectivity index (χ1v) is 7.13. The highest BCUT2D eigenvalue weighted by Crippen LogP contribution is 2.37. The molecular weight excluding hydrogens is 294 g/mol. The fraction of sp³-hybridized carbons (Fsp3) is 0.538. The van der Waals surface area contributed by atoms with Gasteiger partial charge in [-0.15, -0.1) is 0 Å². The third-order valence-corrected chi connectivity index (χ3v) is 4.43. The predicted molar refractivity (Wildman–Crippen MR) is 73.4 cm³/mol. The minimum absolute atomic E-state index is 0.0399. The van der Waals surface area contributed by atoms with Crippen molar-refractivity contribution in [3.05, 3.63) is 22.3 Å². The third-order valence-electron chi connectivity index (χ3n) is 3.99. The number of hydrogen-bond acceptors (Lipinski definition) is 3. The van der Waals surface area contributed by atoms with E-state index in [0.29, 0.717) is 17.8 Å². The van der Waals surface area contributed by atoms with Gasteiger partial charge in [0.25, 0.3) is 0 Å². The number of carbonyl (C=O) groups excluding carboxylic acids is 1. The Balaban J connectivity index is 1.68. The van der Waals surface area contributed by atoms with E-state index in [0.717, 1.165) is 16.6 Å². The summed E-state index contributed by atoms with van der Waals surface area (Å²) in [5.74, 6) is 1.39. The lowest BCUT2D eigenvalue weighted by molar-refractivity contribution is -0.117. The molecule has 1 saturated heterocycles. The summed E-state index contributed by atoms with van der Waals surface area (Å²) >= 11 is 3.32. The van der Waals surface area contributed by atoms with Gasteiger partial charge in [-0.25, -0.2) is 4.98 Å². The van der Waals surface area contributed by atoms with Gasteiger partial charge in [0.1, 0.15) is 10.4 Å². The Bertz CT molecular complexity index is 479. The second-order valence-electron chi connectivity index (χ2n) is 5.19. The summed E-state index contributed by atoms with van der Waals surface area (Å²) in [6.07, 6.45) is 3.43. The Hall–Kier alpha value is -0.940. The third kappa shape index (κ3) is 2.17. The zero-order chi connectivity index (χ0) is 12.7. The summed E-state index contributed by atoms with van der Waals surface area (Å²) in [7, 11) is 0. The number of fused-ring (bicyclic) bond motifs is 1. The minimum Gasteiger partial charge on any atom is -0.309 e. The van der Waals surface area contributed by atoms with Crippen molar-refractivity contribution in [1.82, 2.24) is 10.3 Å². The Kier molecular flexibility index (Phi) is 3.11. The molecule has 1 aromatic rings. The van der Waals surface area contributed by atoms with E-state index in [1.807, 2.05) is 19.1 Å². The molecule has 4 nitrogen and oxygen atoms in total. The van der Waals surface area contributed by atoms with Gasteiger partial charge in [-0.1, -0.05) is 6.07 Å². The van der Waals surface area contributed by atoms with Crippen LogP contribution in [-0.4, -0.2) is 23.0 Å². The van der Waals surface area contributed by atoms with Gasteiger partial charge in [0.05, 0.1) is 6.04 Å². The smallest absolute Gasteiger partial charge is 0.242 e. The lowest BCUT2D eigenvalue weighted by atomic mass is 9.80. The molecular formula is C13H16BrN3O. The molecule has 0 radical (unpaired) electrons. The van der Waals surface area contributed by atoms with Crippen LogP contribution in [0.15, 0.2) is 16.7 Å². The van der Waals surface area contributed by atoms with Crippen LogP contribution in [-0.2, 0) is 4.79 Å². The highest BCUT2D eigenvalue weighted by Gasteiger charge is 2.42. The van der Waals surface area contributed by atoms with Gasteiger partial charge < -0.3 is 10.6 Å². The lowest BCUT2D eigenvalue weighted by Gasteiger charge is -2.29. The molecule has 1 aliphatic heterocycles. The van der Waals surface area contributed by atoms with Crippen molar-refractivity contribution in [3.63, 3.8) is 0 Å². The molecule has 2 fully saturated rings. The number of halogens is 1. The molecule has 0 unspecified atom stereocenters. The number of aromatic nitrogens is 1. The molecule has 1 amide bonds. The number of nitrogens with one attached hydrogen (secondary N) is 2. The van der Waals surface area contributed by atoms with Crippen LogP contribution in [0.2, 0.25) is 0 Å². The second kappa shape index (κ2) is 4.63. The SMILES string of the molecule is Cc1ccc(Br)nc1NC(=O)[C@@H]1C[C@H]2CC[C@H]2N1. The van der Waals surface area contributed by atoms with Crippen LogP contribution in [0, 0.1) is 12.8 Å². The topological polar surface area (TPSA) is 54.0 Å². The molecule has 1 aliphatic carbocycles. The zero-order valence-corrected chi connectivity index (χ0v) is 11.8. The summed E-state index contributed by atoms with van der Waals surface area (Å²) < 4.78 is 0.739. The first-order chi connectivity index (χ1) is 8.63. The monoisotopic (exact) mass is 309 g/mol. The van der Waals surface area contributed by atoms with Crippen molar-refractivity contribution in [2.24, 2.45) is 5.92 Å². The number of nitrogens with zero attached hydrogens (tertiary/aromatic N) is 1. The molecule has 0 bridgehead atoms. The van der Waals surface area contributed by atoms with Gasteiger partial charge >= 0.3 is 0 Å². The van der Waals surface area contributed by atoms with Crippen molar-refractivity contribution in [2.75, 3.05) is 5.32 Å². The average molecular weight is 310 g/mol. The van der Waals surface area contributed by atoms with Crippen LogP contribution in [0.25, 0.3) is 0 Å². The number of carbonyl (C=O) groups is 1. The standard InChI is InChI=1S/C13H16BrN3O/c1-7-2-5-11(14)16-12(7)17-13(18)10-6-8-3-4-9(8)15-10/h2,5,8-10,15H,3-4,6H2,1H3,(H,16,17,18)/t8-,9-,10+/m1/s1. The van der Waals surface area contributed by atoms with Gasteiger partial charge in [0.2, 0.25) is 5.91 Å². The molecule has 1 aromatic heterocycles. The number of anilines is 1. The first kappa shape index (κ1) is 12.1. The van der Waals surface area contributed by atoms with Crippen molar-refractivity contribution in [1.29, 1.82) is 0 Å². The van der Waals surface area contributed by atoms with Gasteiger partial charge in [-0.2, -0.15) is 0 Å². The maximum absolute atomic E-state index is 12.2. The van der Waals surface area contributed by atoms with Crippen molar-refractivity contribution in [2.45, 2.75) is 38.3 Å². The van der Waals surface area contributed by atoms with Crippen LogP contribution in [0.5, 0.6) is 0 Å². The molecule has 1 saturated carbocycles. The number of amides is 1. The van der Waals surface area contributed by atoms with E-state index in [-0.39, 0.29) is 11.9 Å². The normalized spacial score (nSPS) is 29.6. The highest BCUT2D eigenvalue weighted by molar-refractivity contribution is 9.10. The quantitative estimate of drug-likeness (QED) is 0.824. The maximum atomic E-state index is 12.2. The second-order valence-corrected chi connectivity index (χ2v) is 6.00. The Labute approximate surface area is 115 Å². The van der Waals surface area contributed by atoms with E-state index in [2.05, 4.69) is 31.5 Å². The minimum atomic E-state index is -0.0531. The summed E-state index contributed by atoms with van der Waals surface area (Å²) in [5, 5.41) is 6.31. The fourth-order valence-corrected chi connectivity index (χ4v) is 3.03.